The van der Waals surface area contributed by atoms with Crippen molar-refractivity contribution < 1.29 is 14.9 Å². The lowest BCUT2D eigenvalue weighted by Gasteiger charge is -2.05. The smallest absolute Gasteiger partial charge is 0.119 e. The van der Waals surface area contributed by atoms with Gasteiger partial charge in [-0.25, -0.2) is 0 Å². The Morgan fingerprint density at radius 2 is 1.82 bits per heavy atom. The van der Waals surface area contributed by atoms with Gasteiger partial charge in [-0.3, -0.25) is 0 Å². The van der Waals surface area contributed by atoms with Crippen molar-refractivity contribution in [2.24, 2.45) is 5.73 Å². The Balaban J connectivity index is 0. The van der Waals surface area contributed by atoms with E-state index >= 15 is 0 Å². The molecule has 1 aromatic rings. The van der Waals surface area contributed by atoms with Gasteiger partial charge in [-0.05, 0) is 24.7 Å². The average Bonchev–Trinajstić information content (AvgIpc) is 2.44. The summed E-state index contributed by atoms with van der Waals surface area (Å²) in [5.41, 5.74) is 5.33. The zero-order valence-electron chi connectivity index (χ0n) is 11.0. The second-order valence-electron chi connectivity index (χ2n) is 2.73. The van der Waals surface area contributed by atoms with E-state index in [1.54, 1.807) is 6.07 Å². The molecule has 4 nitrogen and oxygen atoms in total. The first-order valence-electron chi connectivity index (χ1n) is 5.88. The fourth-order valence-electron chi connectivity index (χ4n) is 0.988. The summed E-state index contributed by atoms with van der Waals surface area (Å²) >= 11 is 0. The molecule has 0 amide bonds. The maximum absolute atomic E-state index is 8.84. The molecule has 0 aliphatic carbocycles. The highest BCUT2D eigenvalue weighted by atomic mass is 16.5. The van der Waals surface area contributed by atoms with E-state index < -0.39 is 0 Å². The lowest BCUT2D eigenvalue weighted by atomic mass is 10.2. The Morgan fingerprint density at radius 3 is 2.35 bits per heavy atom. The van der Waals surface area contributed by atoms with Crippen LogP contribution in [0.4, 0.5) is 0 Å². The van der Waals surface area contributed by atoms with Gasteiger partial charge in [-0.1, -0.05) is 26.0 Å². The summed E-state index contributed by atoms with van der Waals surface area (Å²) in [4.78, 5) is 0. The molecular weight excluding hydrogens is 218 g/mol. The Hall–Kier alpha value is -1.10. The minimum Gasteiger partial charge on any atom is -0.493 e. The standard InChI is InChI=1S/C10H14O3.C2H6.CH5N/c11-5-2-6-13-10-4-1-3-9(7-10)8-12;2*1-2/h1,3-4,7,11-12H,2,5-6,8H2;1-2H3;2H2,1H3. The van der Waals surface area contributed by atoms with Crippen molar-refractivity contribution in [1.29, 1.82) is 0 Å². The second-order valence-corrected chi connectivity index (χ2v) is 2.73. The van der Waals surface area contributed by atoms with Crippen molar-refractivity contribution in [2.75, 3.05) is 20.3 Å². The van der Waals surface area contributed by atoms with E-state index in [9.17, 15) is 0 Å². The number of aliphatic hydroxyl groups is 2. The van der Waals surface area contributed by atoms with E-state index in [4.69, 9.17) is 14.9 Å². The van der Waals surface area contributed by atoms with E-state index in [0.29, 0.717) is 13.0 Å². The van der Waals surface area contributed by atoms with Crippen LogP contribution < -0.4 is 10.5 Å². The fraction of sp³-hybridized carbons (Fsp3) is 0.538. The van der Waals surface area contributed by atoms with E-state index in [0.717, 1.165) is 11.3 Å². The molecule has 4 N–H and O–H groups in total. The molecule has 0 heterocycles. The normalized spacial score (nSPS) is 8.35. The molecule has 0 saturated carbocycles. The molecule has 0 radical (unpaired) electrons. The number of ether oxygens (including phenoxy) is 1. The van der Waals surface area contributed by atoms with Crippen molar-refractivity contribution >= 4 is 0 Å². The highest BCUT2D eigenvalue weighted by molar-refractivity contribution is 5.27. The summed E-state index contributed by atoms with van der Waals surface area (Å²) in [6.45, 7) is 4.67. The van der Waals surface area contributed by atoms with Gasteiger partial charge >= 0.3 is 0 Å². The molecule has 17 heavy (non-hydrogen) atoms. The average molecular weight is 243 g/mol. The first kappa shape index (κ1) is 18.3. The van der Waals surface area contributed by atoms with Gasteiger partial charge in [0.25, 0.3) is 0 Å². The maximum Gasteiger partial charge on any atom is 0.119 e. The highest BCUT2D eigenvalue weighted by Crippen LogP contribution is 2.13. The van der Waals surface area contributed by atoms with E-state index in [-0.39, 0.29) is 13.2 Å². The lowest BCUT2D eigenvalue weighted by molar-refractivity contribution is 0.233. The van der Waals surface area contributed by atoms with Gasteiger partial charge in [0, 0.05) is 13.0 Å². The van der Waals surface area contributed by atoms with Gasteiger partial charge < -0.3 is 20.7 Å². The van der Waals surface area contributed by atoms with Gasteiger partial charge in [0.05, 0.1) is 13.2 Å². The summed E-state index contributed by atoms with van der Waals surface area (Å²) in [5.74, 6) is 0.736. The summed E-state index contributed by atoms with van der Waals surface area (Å²) in [6, 6.07) is 7.28. The topological polar surface area (TPSA) is 75.7 Å². The molecule has 0 fully saturated rings. The molecule has 0 unspecified atom stereocenters. The summed E-state index contributed by atoms with van der Waals surface area (Å²) < 4.78 is 5.32. The van der Waals surface area contributed by atoms with E-state index in [2.05, 4.69) is 5.73 Å². The lowest BCUT2D eigenvalue weighted by Crippen LogP contribution is -1.99. The largest absolute Gasteiger partial charge is 0.493 e. The Labute approximate surface area is 104 Å². The second kappa shape index (κ2) is 14.9. The molecule has 1 rings (SSSR count). The zero-order chi connectivity index (χ0) is 13.5. The van der Waals surface area contributed by atoms with Gasteiger partial charge in [-0.15, -0.1) is 0 Å². The Bertz CT molecular complexity index is 254. The number of benzene rings is 1. The van der Waals surface area contributed by atoms with Crippen molar-refractivity contribution in [3.8, 4) is 5.75 Å². The molecule has 0 atom stereocenters. The minimum absolute atomic E-state index is 0.0250. The van der Waals surface area contributed by atoms with E-state index in [1.165, 1.54) is 7.05 Å². The van der Waals surface area contributed by atoms with Crippen LogP contribution in [0.2, 0.25) is 0 Å². The van der Waals surface area contributed by atoms with Crippen LogP contribution in [0.5, 0.6) is 5.75 Å². The zero-order valence-corrected chi connectivity index (χ0v) is 11.0. The number of rotatable bonds is 5. The van der Waals surface area contributed by atoms with Gasteiger partial charge in [0.15, 0.2) is 0 Å². The number of nitrogens with two attached hydrogens (primary N) is 1. The third-order valence-corrected chi connectivity index (χ3v) is 1.65. The third kappa shape index (κ3) is 9.81. The van der Waals surface area contributed by atoms with Crippen LogP contribution in [0.3, 0.4) is 0 Å². The first-order chi connectivity index (χ1) is 8.36. The maximum atomic E-state index is 8.84. The predicted molar refractivity (Wildman–Crippen MR) is 71.0 cm³/mol. The Kier molecular flexibility index (Phi) is 16.0. The van der Waals surface area contributed by atoms with Gasteiger partial charge in [0.1, 0.15) is 5.75 Å². The predicted octanol–water partition coefficient (Wildman–Crippen LogP) is 1.54. The molecular formula is C13H25NO3. The monoisotopic (exact) mass is 243 g/mol. The van der Waals surface area contributed by atoms with E-state index in [1.807, 2.05) is 32.0 Å². The molecule has 0 aliphatic heterocycles. The summed E-state index contributed by atoms with van der Waals surface area (Å²) in [7, 11) is 1.50. The van der Waals surface area contributed by atoms with Crippen LogP contribution >= 0.6 is 0 Å². The number of hydrogen-bond donors (Lipinski definition) is 3. The molecule has 0 spiro atoms. The van der Waals surface area contributed by atoms with Crippen LogP contribution in [-0.2, 0) is 6.61 Å². The van der Waals surface area contributed by atoms with Crippen molar-refractivity contribution in [3.63, 3.8) is 0 Å². The third-order valence-electron chi connectivity index (χ3n) is 1.65. The first-order valence-corrected chi connectivity index (χ1v) is 5.88. The highest BCUT2D eigenvalue weighted by Gasteiger charge is 1.94. The molecule has 1 aromatic carbocycles. The molecule has 4 heteroatoms. The Morgan fingerprint density at radius 1 is 1.18 bits per heavy atom. The molecule has 0 aliphatic rings. The summed E-state index contributed by atoms with van der Waals surface area (Å²) in [6.07, 6.45) is 0.628. The quantitative estimate of drug-likeness (QED) is 0.686. The van der Waals surface area contributed by atoms with Crippen molar-refractivity contribution in [1.82, 2.24) is 0 Å². The van der Waals surface area contributed by atoms with Crippen LogP contribution in [-0.4, -0.2) is 30.5 Å². The minimum atomic E-state index is 0.0250. The van der Waals surface area contributed by atoms with Crippen LogP contribution in [0.15, 0.2) is 24.3 Å². The van der Waals surface area contributed by atoms with Gasteiger partial charge in [0.2, 0.25) is 0 Å². The molecule has 0 saturated heterocycles. The summed E-state index contributed by atoms with van der Waals surface area (Å²) in [5, 5.41) is 17.4. The van der Waals surface area contributed by atoms with Crippen LogP contribution in [0.1, 0.15) is 25.8 Å². The fourth-order valence-corrected chi connectivity index (χ4v) is 0.988. The SMILES string of the molecule is CC.CN.OCCCOc1cccc(CO)c1. The van der Waals surface area contributed by atoms with Gasteiger partial charge in [-0.2, -0.15) is 0 Å². The van der Waals surface area contributed by atoms with Crippen LogP contribution in [0, 0.1) is 0 Å². The molecule has 0 bridgehead atoms. The van der Waals surface area contributed by atoms with Crippen molar-refractivity contribution in [3.05, 3.63) is 29.8 Å². The number of hydrogen-bond acceptors (Lipinski definition) is 4. The number of aliphatic hydroxyl groups excluding tert-OH is 2. The molecule has 0 aromatic heterocycles. The van der Waals surface area contributed by atoms with Crippen molar-refractivity contribution in [2.45, 2.75) is 26.9 Å². The molecule has 100 valence electrons. The van der Waals surface area contributed by atoms with Crippen LogP contribution in [0.25, 0.3) is 0 Å².